The highest BCUT2D eigenvalue weighted by Crippen LogP contribution is 2.34. The van der Waals surface area contributed by atoms with E-state index in [1.54, 1.807) is 6.92 Å². The monoisotopic (exact) mass is 279 g/mol. The predicted octanol–water partition coefficient (Wildman–Crippen LogP) is 2.79. The van der Waals surface area contributed by atoms with Gasteiger partial charge in [-0.25, -0.2) is 13.8 Å². The molecule has 1 aromatic rings. The van der Waals surface area contributed by atoms with Crippen molar-refractivity contribution in [1.82, 2.24) is 4.98 Å². The van der Waals surface area contributed by atoms with E-state index in [0.717, 1.165) is 6.20 Å². The van der Waals surface area contributed by atoms with Gasteiger partial charge in [-0.3, -0.25) is 4.79 Å². The fourth-order valence-corrected chi connectivity index (χ4v) is 1.63. The highest BCUT2D eigenvalue weighted by atomic mass is 35.5. The van der Waals surface area contributed by atoms with Crippen LogP contribution in [0.3, 0.4) is 0 Å². The molecule has 100 valence electrons. The standard InChI is InChI=1S/C11H12ClF2NO3/c1-3-18-8(16)4-6-7(12)5-15-9(11(13)14)10(6)17-2/h5,11H,3-4H2,1-2H3. The molecular weight excluding hydrogens is 268 g/mol. The minimum absolute atomic E-state index is 0.0873. The highest BCUT2D eigenvalue weighted by molar-refractivity contribution is 6.31. The Kier molecular flexibility index (Phi) is 5.27. The van der Waals surface area contributed by atoms with Crippen molar-refractivity contribution >= 4 is 17.6 Å². The van der Waals surface area contributed by atoms with Crippen LogP contribution in [0.5, 0.6) is 5.75 Å². The summed E-state index contributed by atoms with van der Waals surface area (Å²) in [5.41, 5.74) is -0.385. The molecule has 1 rings (SSSR count). The molecule has 0 N–H and O–H groups in total. The average molecular weight is 280 g/mol. The van der Waals surface area contributed by atoms with Gasteiger partial charge >= 0.3 is 5.97 Å². The summed E-state index contributed by atoms with van der Waals surface area (Å²) in [5, 5.41) is 0.0873. The summed E-state index contributed by atoms with van der Waals surface area (Å²) < 4.78 is 35.0. The molecule has 0 saturated heterocycles. The fraction of sp³-hybridized carbons (Fsp3) is 0.455. The molecule has 0 unspecified atom stereocenters. The normalized spacial score (nSPS) is 10.6. The molecule has 4 nitrogen and oxygen atoms in total. The molecular formula is C11H12ClF2NO3. The number of alkyl halides is 2. The van der Waals surface area contributed by atoms with Crippen molar-refractivity contribution in [3.63, 3.8) is 0 Å². The van der Waals surface area contributed by atoms with Crippen LogP contribution in [0.1, 0.15) is 24.6 Å². The zero-order valence-electron chi connectivity index (χ0n) is 9.87. The van der Waals surface area contributed by atoms with Crippen LogP contribution in [-0.4, -0.2) is 24.7 Å². The quantitative estimate of drug-likeness (QED) is 0.778. The third-order valence-corrected chi connectivity index (χ3v) is 2.47. The number of hydrogen-bond acceptors (Lipinski definition) is 4. The smallest absolute Gasteiger partial charge is 0.310 e. The first-order valence-electron chi connectivity index (χ1n) is 5.16. The molecule has 1 aromatic heterocycles. The number of hydrogen-bond donors (Lipinski definition) is 0. The molecule has 0 radical (unpaired) electrons. The lowest BCUT2D eigenvalue weighted by Gasteiger charge is -2.13. The molecule has 0 aliphatic carbocycles. The molecule has 0 atom stereocenters. The van der Waals surface area contributed by atoms with E-state index >= 15 is 0 Å². The molecule has 0 bridgehead atoms. The van der Waals surface area contributed by atoms with E-state index in [1.165, 1.54) is 7.11 Å². The molecule has 0 amide bonds. The second kappa shape index (κ2) is 6.49. The minimum Gasteiger partial charge on any atom is -0.494 e. The highest BCUT2D eigenvalue weighted by Gasteiger charge is 2.23. The molecule has 1 heterocycles. The topological polar surface area (TPSA) is 48.4 Å². The number of carbonyl (C=O) groups is 1. The third-order valence-electron chi connectivity index (χ3n) is 2.15. The van der Waals surface area contributed by atoms with Crippen molar-refractivity contribution in [2.24, 2.45) is 0 Å². The number of nitrogens with zero attached hydrogens (tertiary/aromatic N) is 1. The molecule has 18 heavy (non-hydrogen) atoms. The van der Waals surface area contributed by atoms with Crippen molar-refractivity contribution in [2.45, 2.75) is 19.8 Å². The Balaban J connectivity index is 3.15. The van der Waals surface area contributed by atoms with Crippen molar-refractivity contribution in [3.05, 3.63) is 22.5 Å². The zero-order chi connectivity index (χ0) is 13.7. The van der Waals surface area contributed by atoms with Crippen LogP contribution < -0.4 is 4.74 Å². The number of rotatable bonds is 5. The van der Waals surface area contributed by atoms with Gasteiger partial charge in [-0.15, -0.1) is 0 Å². The summed E-state index contributed by atoms with van der Waals surface area (Å²) >= 11 is 5.83. The number of ether oxygens (including phenoxy) is 2. The SMILES string of the molecule is CCOC(=O)Cc1c(Cl)cnc(C(F)F)c1OC. The van der Waals surface area contributed by atoms with Crippen LogP contribution in [0.15, 0.2) is 6.20 Å². The lowest BCUT2D eigenvalue weighted by molar-refractivity contribution is -0.142. The lowest BCUT2D eigenvalue weighted by atomic mass is 10.1. The van der Waals surface area contributed by atoms with Crippen LogP contribution >= 0.6 is 11.6 Å². The Hall–Kier alpha value is -1.43. The Bertz CT molecular complexity index is 441. The molecule has 0 aliphatic heterocycles. The number of halogens is 3. The number of carbonyl (C=O) groups excluding carboxylic acids is 1. The van der Waals surface area contributed by atoms with E-state index in [2.05, 4.69) is 4.98 Å². The van der Waals surface area contributed by atoms with Crippen molar-refractivity contribution in [3.8, 4) is 5.75 Å². The maximum atomic E-state index is 12.7. The average Bonchev–Trinajstić information content (AvgIpc) is 2.31. The second-order valence-electron chi connectivity index (χ2n) is 3.29. The largest absolute Gasteiger partial charge is 0.494 e. The van der Waals surface area contributed by atoms with Gasteiger partial charge < -0.3 is 9.47 Å². The Labute approximate surface area is 108 Å². The summed E-state index contributed by atoms with van der Waals surface area (Å²) in [4.78, 5) is 14.9. The first-order chi connectivity index (χ1) is 8.51. The van der Waals surface area contributed by atoms with E-state index < -0.39 is 18.1 Å². The first-order valence-corrected chi connectivity index (χ1v) is 5.54. The van der Waals surface area contributed by atoms with Crippen LogP contribution in [0.4, 0.5) is 8.78 Å². The van der Waals surface area contributed by atoms with Crippen LogP contribution in [0, 0.1) is 0 Å². The van der Waals surface area contributed by atoms with E-state index in [4.69, 9.17) is 21.1 Å². The van der Waals surface area contributed by atoms with Gasteiger partial charge in [0, 0.05) is 11.8 Å². The summed E-state index contributed by atoms with van der Waals surface area (Å²) in [6, 6.07) is 0. The summed E-state index contributed by atoms with van der Waals surface area (Å²) in [5.74, 6) is -0.741. The van der Waals surface area contributed by atoms with Crippen LogP contribution in [0.2, 0.25) is 5.02 Å². The van der Waals surface area contributed by atoms with Gasteiger partial charge in [0.1, 0.15) is 5.69 Å². The number of aromatic nitrogens is 1. The van der Waals surface area contributed by atoms with Gasteiger partial charge in [-0.1, -0.05) is 11.6 Å². The third kappa shape index (κ3) is 3.29. The van der Waals surface area contributed by atoms with Crippen molar-refractivity contribution in [2.75, 3.05) is 13.7 Å². The molecule has 0 saturated carbocycles. The number of esters is 1. The predicted molar refractivity (Wildman–Crippen MR) is 61.1 cm³/mol. The van der Waals surface area contributed by atoms with E-state index in [0.29, 0.717) is 0 Å². The van der Waals surface area contributed by atoms with E-state index in [9.17, 15) is 13.6 Å². The summed E-state index contributed by atoms with van der Waals surface area (Å²) in [6.45, 7) is 1.85. The summed E-state index contributed by atoms with van der Waals surface area (Å²) in [6.07, 6.45) is -1.98. The van der Waals surface area contributed by atoms with Gasteiger partial charge in [0.05, 0.1) is 25.2 Å². The maximum absolute atomic E-state index is 12.7. The van der Waals surface area contributed by atoms with Crippen molar-refractivity contribution in [1.29, 1.82) is 0 Å². The molecule has 7 heteroatoms. The first kappa shape index (κ1) is 14.6. The van der Waals surface area contributed by atoms with E-state index in [-0.39, 0.29) is 29.4 Å². The molecule has 0 aliphatic rings. The lowest BCUT2D eigenvalue weighted by Crippen LogP contribution is -2.10. The van der Waals surface area contributed by atoms with Gasteiger partial charge in [0.25, 0.3) is 6.43 Å². The zero-order valence-corrected chi connectivity index (χ0v) is 10.6. The second-order valence-corrected chi connectivity index (χ2v) is 3.69. The Morgan fingerprint density at radius 3 is 2.72 bits per heavy atom. The van der Waals surface area contributed by atoms with Gasteiger partial charge in [-0.05, 0) is 6.92 Å². The van der Waals surface area contributed by atoms with Gasteiger partial charge in [0.15, 0.2) is 5.75 Å². The molecule has 0 spiro atoms. The maximum Gasteiger partial charge on any atom is 0.310 e. The summed E-state index contributed by atoms with van der Waals surface area (Å²) in [7, 11) is 1.22. The molecule has 0 aromatic carbocycles. The van der Waals surface area contributed by atoms with Gasteiger partial charge in [-0.2, -0.15) is 0 Å². The van der Waals surface area contributed by atoms with Gasteiger partial charge in [0.2, 0.25) is 0 Å². The van der Waals surface area contributed by atoms with Crippen LogP contribution in [0.25, 0.3) is 0 Å². The minimum atomic E-state index is -2.81. The number of methoxy groups -OCH3 is 1. The van der Waals surface area contributed by atoms with Crippen molar-refractivity contribution < 1.29 is 23.0 Å². The Morgan fingerprint density at radius 1 is 1.56 bits per heavy atom. The molecule has 0 fully saturated rings. The van der Waals surface area contributed by atoms with E-state index in [1.807, 2.05) is 0 Å². The fourth-order valence-electron chi connectivity index (χ4n) is 1.43. The van der Waals surface area contributed by atoms with Crippen LogP contribution in [-0.2, 0) is 16.0 Å². The Morgan fingerprint density at radius 2 is 2.22 bits per heavy atom. The number of pyridine rings is 1.